The average molecular weight is 226 g/mol. The molecule has 0 N–H and O–H groups in total. The summed E-state index contributed by atoms with van der Waals surface area (Å²) in [4.78, 5) is 0. The molecular formula is C13H22O3. The van der Waals surface area contributed by atoms with Crippen molar-refractivity contribution in [3.8, 4) is 0 Å². The zero-order chi connectivity index (χ0) is 11.8. The van der Waals surface area contributed by atoms with Crippen molar-refractivity contribution < 1.29 is 14.2 Å². The van der Waals surface area contributed by atoms with E-state index >= 15 is 0 Å². The van der Waals surface area contributed by atoms with Crippen molar-refractivity contribution in [2.75, 3.05) is 13.2 Å². The second-order valence-corrected chi connectivity index (χ2v) is 5.94. The summed E-state index contributed by atoms with van der Waals surface area (Å²) in [6.07, 6.45) is 5.43. The highest BCUT2D eigenvalue weighted by Gasteiger charge is 2.38. The van der Waals surface area contributed by atoms with Gasteiger partial charge in [0, 0.05) is 0 Å². The van der Waals surface area contributed by atoms with Crippen LogP contribution in [0.4, 0.5) is 0 Å². The van der Waals surface area contributed by atoms with Gasteiger partial charge in [-0.25, -0.2) is 0 Å². The van der Waals surface area contributed by atoms with E-state index in [0.29, 0.717) is 6.61 Å². The zero-order valence-electron chi connectivity index (χ0n) is 10.7. The summed E-state index contributed by atoms with van der Waals surface area (Å²) in [5, 5.41) is 0. The molecule has 3 heteroatoms. The average Bonchev–Trinajstić information content (AvgIpc) is 2.41. The van der Waals surface area contributed by atoms with Crippen molar-refractivity contribution in [3.05, 3.63) is 12.2 Å². The number of rotatable bonds is 1. The normalized spacial score (nSPS) is 37.2. The minimum Gasteiger partial charge on any atom is -0.371 e. The summed E-state index contributed by atoms with van der Waals surface area (Å²) in [6, 6.07) is 0. The van der Waals surface area contributed by atoms with Gasteiger partial charge in [-0.05, 0) is 25.7 Å². The molecule has 0 aromatic carbocycles. The van der Waals surface area contributed by atoms with Gasteiger partial charge in [0.25, 0.3) is 0 Å². The quantitative estimate of drug-likeness (QED) is 0.643. The Labute approximate surface area is 97.8 Å². The van der Waals surface area contributed by atoms with Crippen LogP contribution in [-0.2, 0) is 14.2 Å². The van der Waals surface area contributed by atoms with Crippen LogP contribution >= 0.6 is 0 Å². The van der Waals surface area contributed by atoms with Gasteiger partial charge in [0.15, 0.2) is 5.79 Å². The van der Waals surface area contributed by atoms with Crippen molar-refractivity contribution >= 4 is 0 Å². The largest absolute Gasteiger partial charge is 0.371 e. The molecule has 0 aromatic heterocycles. The third-order valence-corrected chi connectivity index (χ3v) is 3.06. The van der Waals surface area contributed by atoms with Gasteiger partial charge in [-0.2, -0.15) is 0 Å². The molecule has 92 valence electrons. The maximum atomic E-state index is 5.90. The summed E-state index contributed by atoms with van der Waals surface area (Å²) < 4.78 is 17.3. The van der Waals surface area contributed by atoms with Crippen molar-refractivity contribution in [2.24, 2.45) is 5.41 Å². The van der Waals surface area contributed by atoms with Crippen LogP contribution in [-0.4, -0.2) is 31.2 Å². The molecule has 0 amide bonds. The SMILES string of the molecule is CC1(C)CC=CC(C2COC(C)(C)O2)OC1. The van der Waals surface area contributed by atoms with Gasteiger partial charge in [0.1, 0.15) is 12.2 Å². The van der Waals surface area contributed by atoms with Gasteiger partial charge in [0.2, 0.25) is 0 Å². The molecule has 2 aliphatic rings. The predicted molar refractivity (Wildman–Crippen MR) is 62.2 cm³/mol. The molecule has 2 rings (SSSR count). The molecular weight excluding hydrogens is 204 g/mol. The zero-order valence-corrected chi connectivity index (χ0v) is 10.7. The molecule has 2 atom stereocenters. The van der Waals surface area contributed by atoms with E-state index in [2.05, 4.69) is 26.0 Å². The number of hydrogen-bond donors (Lipinski definition) is 0. The lowest BCUT2D eigenvalue weighted by atomic mass is 9.91. The summed E-state index contributed by atoms with van der Waals surface area (Å²) in [6.45, 7) is 9.70. The molecule has 0 radical (unpaired) electrons. The van der Waals surface area contributed by atoms with Crippen LogP contribution in [0.3, 0.4) is 0 Å². The van der Waals surface area contributed by atoms with Crippen molar-refractivity contribution in [1.29, 1.82) is 0 Å². The molecule has 0 saturated carbocycles. The van der Waals surface area contributed by atoms with Crippen LogP contribution in [0.5, 0.6) is 0 Å². The highest BCUT2D eigenvalue weighted by Crippen LogP contribution is 2.30. The minimum atomic E-state index is -0.469. The smallest absolute Gasteiger partial charge is 0.163 e. The van der Waals surface area contributed by atoms with Gasteiger partial charge >= 0.3 is 0 Å². The third-order valence-electron chi connectivity index (χ3n) is 3.06. The lowest BCUT2D eigenvalue weighted by Gasteiger charge is -2.25. The van der Waals surface area contributed by atoms with E-state index in [1.165, 1.54) is 0 Å². The monoisotopic (exact) mass is 226 g/mol. The molecule has 16 heavy (non-hydrogen) atoms. The second kappa shape index (κ2) is 4.13. The van der Waals surface area contributed by atoms with Crippen molar-refractivity contribution in [1.82, 2.24) is 0 Å². The van der Waals surface area contributed by atoms with Gasteiger partial charge in [-0.1, -0.05) is 26.0 Å². The summed E-state index contributed by atoms with van der Waals surface area (Å²) in [5.41, 5.74) is 0.222. The first kappa shape index (κ1) is 12.1. The standard InChI is InChI=1S/C13H22O3/c1-12(2)7-5-6-10(14-9-12)11-8-15-13(3,4)16-11/h5-6,10-11H,7-9H2,1-4H3. The predicted octanol–water partition coefficient (Wildman–Crippen LogP) is 2.51. The van der Waals surface area contributed by atoms with E-state index in [1.807, 2.05) is 13.8 Å². The van der Waals surface area contributed by atoms with Crippen LogP contribution in [0.25, 0.3) is 0 Å². The summed E-state index contributed by atoms with van der Waals surface area (Å²) in [5.74, 6) is -0.469. The maximum absolute atomic E-state index is 5.90. The second-order valence-electron chi connectivity index (χ2n) is 5.94. The molecule has 0 aromatic rings. The number of allylic oxidation sites excluding steroid dienone is 1. The lowest BCUT2D eigenvalue weighted by Crippen LogP contribution is -2.33. The molecule has 0 aliphatic carbocycles. The molecule has 1 saturated heterocycles. The lowest BCUT2D eigenvalue weighted by molar-refractivity contribution is -0.153. The number of ether oxygens (including phenoxy) is 3. The first-order valence-electron chi connectivity index (χ1n) is 5.98. The first-order chi connectivity index (χ1) is 7.38. The Hall–Kier alpha value is -0.380. The van der Waals surface area contributed by atoms with Gasteiger partial charge in [-0.3, -0.25) is 0 Å². The Bertz CT molecular complexity index is 281. The van der Waals surface area contributed by atoms with E-state index in [9.17, 15) is 0 Å². The highest BCUT2D eigenvalue weighted by molar-refractivity contribution is 5.00. The fraction of sp³-hybridized carbons (Fsp3) is 0.846. The van der Waals surface area contributed by atoms with Crippen LogP contribution in [0, 0.1) is 5.41 Å². The van der Waals surface area contributed by atoms with E-state index in [4.69, 9.17) is 14.2 Å². The van der Waals surface area contributed by atoms with Crippen LogP contribution < -0.4 is 0 Å². The molecule has 3 nitrogen and oxygen atoms in total. The highest BCUT2D eigenvalue weighted by atomic mass is 16.7. The molecule has 0 spiro atoms. The van der Waals surface area contributed by atoms with E-state index in [1.54, 1.807) is 0 Å². The molecule has 1 fully saturated rings. The molecule has 2 aliphatic heterocycles. The summed E-state index contributed by atoms with van der Waals surface area (Å²) in [7, 11) is 0. The minimum absolute atomic E-state index is 0.0279. The van der Waals surface area contributed by atoms with Gasteiger partial charge in [-0.15, -0.1) is 0 Å². The fourth-order valence-electron chi connectivity index (χ4n) is 2.07. The van der Waals surface area contributed by atoms with Crippen LogP contribution in [0.2, 0.25) is 0 Å². The molecule has 0 bridgehead atoms. The van der Waals surface area contributed by atoms with Crippen molar-refractivity contribution in [3.63, 3.8) is 0 Å². The molecule has 2 unspecified atom stereocenters. The van der Waals surface area contributed by atoms with Gasteiger partial charge < -0.3 is 14.2 Å². The Morgan fingerprint density at radius 2 is 1.94 bits per heavy atom. The topological polar surface area (TPSA) is 27.7 Å². The fourth-order valence-corrected chi connectivity index (χ4v) is 2.07. The van der Waals surface area contributed by atoms with E-state index in [0.717, 1.165) is 13.0 Å². The Morgan fingerprint density at radius 1 is 1.19 bits per heavy atom. The van der Waals surface area contributed by atoms with E-state index < -0.39 is 5.79 Å². The Balaban J connectivity index is 1.97. The third kappa shape index (κ3) is 2.84. The van der Waals surface area contributed by atoms with Crippen LogP contribution in [0.1, 0.15) is 34.1 Å². The van der Waals surface area contributed by atoms with Gasteiger partial charge in [0.05, 0.1) is 13.2 Å². The number of hydrogen-bond acceptors (Lipinski definition) is 3. The Kier molecular flexibility index (Phi) is 3.12. The van der Waals surface area contributed by atoms with E-state index in [-0.39, 0.29) is 17.6 Å². The summed E-state index contributed by atoms with van der Waals surface area (Å²) >= 11 is 0. The Morgan fingerprint density at radius 3 is 2.56 bits per heavy atom. The van der Waals surface area contributed by atoms with Crippen molar-refractivity contribution in [2.45, 2.75) is 52.1 Å². The maximum Gasteiger partial charge on any atom is 0.163 e. The molecule has 2 heterocycles. The van der Waals surface area contributed by atoms with Crippen LogP contribution in [0.15, 0.2) is 12.2 Å². The first-order valence-corrected chi connectivity index (χ1v) is 5.98.